The van der Waals surface area contributed by atoms with Crippen LogP contribution in [0.4, 0.5) is 0 Å². The van der Waals surface area contributed by atoms with Crippen molar-refractivity contribution in [3.8, 4) is 5.69 Å². The summed E-state index contributed by atoms with van der Waals surface area (Å²) in [5.74, 6) is 0. The van der Waals surface area contributed by atoms with E-state index in [9.17, 15) is 0 Å². The summed E-state index contributed by atoms with van der Waals surface area (Å²) in [6.45, 7) is 6.23. The average molecular weight is 255 g/mol. The van der Waals surface area contributed by atoms with Crippen molar-refractivity contribution in [1.29, 1.82) is 0 Å². The SMILES string of the molecule is C=C(CC)CC(NC)c1cnn(-c2ccccc2)c1. The maximum atomic E-state index is 4.44. The molecule has 19 heavy (non-hydrogen) atoms. The lowest BCUT2D eigenvalue weighted by Crippen LogP contribution is -2.16. The second-order valence-electron chi connectivity index (χ2n) is 4.70. The molecule has 3 nitrogen and oxygen atoms in total. The summed E-state index contributed by atoms with van der Waals surface area (Å²) in [5, 5.41) is 7.77. The predicted molar refractivity (Wildman–Crippen MR) is 79.4 cm³/mol. The molecular formula is C16H21N3. The average Bonchev–Trinajstić information content (AvgIpc) is 2.95. The largest absolute Gasteiger partial charge is 0.313 e. The van der Waals surface area contributed by atoms with E-state index in [4.69, 9.17) is 0 Å². The van der Waals surface area contributed by atoms with Gasteiger partial charge in [0.1, 0.15) is 0 Å². The summed E-state index contributed by atoms with van der Waals surface area (Å²) in [5.41, 5.74) is 3.53. The predicted octanol–water partition coefficient (Wildman–Crippen LogP) is 3.49. The normalized spacial score (nSPS) is 12.3. The lowest BCUT2D eigenvalue weighted by atomic mass is 10.0. The lowest BCUT2D eigenvalue weighted by molar-refractivity contribution is 0.582. The van der Waals surface area contributed by atoms with Gasteiger partial charge in [-0.3, -0.25) is 0 Å². The van der Waals surface area contributed by atoms with Crippen LogP contribution in [-0.2, 0) is 0 Å². The van der Waals surface area contributed by atoms with Crippen LogP contribution in [0, 0.1) is 0 Å². The minimum Gasteiger partial charge on any atom is -0.313 e. The highest BCUT2D eigenvalue weighted by molar-refractivity contribution is 5.31. The number of benzene rings is 1. The van der Waals surface area contributed by atoms with Crippen LogP contribution in [0.5, 0.6) is 0 Å². The molecule has 100 valence electrons. The number of hydrogen-bond donors (Lipinski definition) is 1. The van der Waals surface area contributed by atoms with Gasteiger partial charge in [-0.15, -0.1) is 0 Å². The maximum absolute atomic E-state index is 4.44. The van der Waals surface area contributed by atoms with Crippen LogP contribution in [0.3, 0.4) is 0 Å². The Bertz CT molecular complexity index is 528. The fraction of sp³-hybridized carbons (Fsp3) is 0.312. The quantitative estimate of drug-likeness (QED) is 0.801. The van der Waals surface area contributed by atoms with Crippen molar-refractivity contribution in [2.45, 2.75) is 25.8 Å². The Balaban J connectivity index is 2.17. The molecule has 0 saturated heterocycles. The molecule has 1 aromatic carbocycles. The Morgan fingerprint density at radius 1 is 1.37 bits per heavy atom. The zero-order chi connectivity index (χ0) is 13.7. The van der Waals surface area contributed by atoms with Crippen LogP contribution in [-0.4, -0.2) is 16.8 Å². The van der Waals surface area contributed by atoms with E-state index in [1.165, 1.54) is 11.1 Å². The highest BCUT2D eigenvalue weighted by Crippen LogP contribution is 2.22. The molecule has 1 heterocycles. The minimum atomic E-state index is 0.282. The second kappa shape index (κ2) is 6.34. The van der Waals surface area contributed by atoms with Crippen molar-refractivity contribution in [3.63, 3.8) is 0 Å². The van der Waals surface area contributed by atoms with Gasteiger partial charge in [0.25, 0.3) is 0 Å². The van der Waals surface area contributed by atoms with Crippen LogP contribution < -0.4 is 5.32 Å². The van der Waals surface area contributed by atoms with Crippen molar-refractivity contribution < 1.29 is 0 Å². The van der Waals surface area contributed by atoms with Crippen molar-refractivity contribution in [3.05, 3.63) is 60.4 Å². The molecule has 0 spiro atoms. The standard InChI is InChI=1S/C16H21N3/c1-4-13(2)10-16(17-3)14-11-18-19(12-14)15-8-6-5-7-9-15/h5-9,11-12,16-17H,2,4,10H2,1,3H3. The third-order valence-electron chi connectivity index (χ3n) is 3.37. The number of hydrogen-bond acceptors (Lipinski definition) is 2. The first-order valence-corrected chi connectivity index (χ1v) is 6.68. The first-order chi connectivity index (χ1) is 9.24. The van der Waals surface area contributed by atoms with E-state index < -0.39 is 0 Å². The smallest absolute Gasteiger partial charge is 0.0645 e. The molecule has 0 amide bonds. The lowest BCUT2D eigenvalue weighted by Gasteiger charge is -2.15. The molecule has 2 aromatic rings. The zero-order valence-corrected chi connectivity index (χ0v) is 11.6. The Hall–Kier alpha value is -1.87. The molecular weight excluding hydrogens is 234 g/mol. The van der Waals surface area contributed by atoms with E-state index in [-0.39, 0.29) is 6.04 Å². The Labute approximate surface area is 115 Å². The highest BCUT2D eigenvalue weighted by Gasteiger charge is 2.12. The molecule has 3 heteroatoms. The number of para-hydroxylation sites is 1. The van der Waals surface area contributed by atoms with Gasteiger partial charge in [-0.25, -0.2) is 4.68 Å². The van der Waals surface area contributed by atoms with E-state index in [0.717, 1.165) is 18.5 Å². The van der Waals surface area contributed by atoms with Crippen molar-refractivity contribution in [2.75, 3.05) is 7.05 Å². The van der Waals surface area contributed by atoms with Crippen LogP contribution in [0.2, 0.25) is 0 Å². The fourth-order valence-electron chi connectivity index (χ4n) is 2.06. The Morgan fingerprint density at radius 3 is 2.74 bits per heavy atom. The fourth-order valence-corrected chi connectivity index (χ4v) is 2.06. The van der Waals surface area contributed by atoms with Crippen molar-refractivity contribution in [1.82, 2.24) is 15.1 Å². The summed E-state index contributed by atoms with van der Waals surface area (Å²) in [7, 11) is 1.98. The molecule has 0 aliphatic rings. The number of rotatable bonds is 6. The maximum Gasteiger partial charge on any atom is 0.0645 e. The van der Waals surface area contributed by atoms with E-state index >= 15 is 0 Å². The monoisotopic (exact) mass is 255 g/mol. The first kappa shape index (κ1) is 13.6. The van der Waals surface area contributed by atoms with Crippen molar-refractivity contribution in [2.24, 2.45) is 0 Å². The van der Waals surface area contributed by atoms with Crippen molar-refractivity contribution >= 4 is 0 Å². The molecule has 1 unspecified atom stereocenters. The molecule has 0 fully saturated rings. The second-order valence-corrected chi connectivity index (χ2v) is 4.70. The van der Waals surface area contributed by atoms with Gasteiger partial charge >= 0.3 is 0 Å². The molecule has 1 aromatic heterocycles. The van der Waals surface area contributed by atoms with Crippen LogP contribution in [0.1, 0.15) is 31.4 Å². The van der Waals surface area contributed by atoms with Gasteiger partial charge in [0.05, 0.1) is 11.9 Å². The molecule has 0 bridgehead atoms. The summed E-state index contributed by atoms with van der Waals surface area (Å²) < 4.78 is 1.91. The van der Waals surface area contributed by atoms with Gasteiger partial charge in [-0.1, -0.05) is 37.3 Å². The highest BCUT2D eigenvalue weighted by atomic mass is 15.3. The zero-order valence-electron chi connectivity index (χ0n) is 11.6. The first-order valence-electron chi connectivity index (χ1n) is 6.68. The molecule has 0 aliphatic carbocycles. The molecule has 2 rings (SSSR count). The van der Waals surface area contributed by atoms with Gasteiger partial charge in [-0.05, 0) is 32.0 Å². The molecule has 1 N–H and O–H groups in total. The number of aromatic nitrogens is 2. The minimum absolute atomic E-state index is 0.282. The van der Waals surface area contributed by atoms with Gasteiger partial charge in [-0.2, -0.15) is 5.10 Å². The van der Waals surface area contributed by atoms with Gasteiger partial charge < -0.3 is 5.32 Å². The molecule has 0 radical (unpaired) electrons. The van der Waals surface area contributed by atoms with Gasteiger partial charge in [0, 0.05) is 17.8 Å². The van der Waals surface area contributed by atoms with Crippen LogP contribution in [0.25, 0.3) is 5.69 Å². The molecule has 1 atom stereocenters. The Morgan fingerprint density at radius 2 is 2.11 bits per heavy atom. The van der Waals surface area contributed by atoms with Crippen LogP contribution >= 0.6 is 0 Å². The third-order valence-corrected chi connectivity index (χ3v) is 3.37. The topological polar surface area (TPSA) is 29.9 Å². The van der Waals surface area contributed by atoms with Gasteiger partial charge in [0.2, 0.25) is 0 Å². The van der Waals surface area contributed by atoms with E-state index in [2.05, 4.69) is 42.2 Å². The van der Waals surface area contributed by atoms with E-state index in [0.29, 0.717) is 0 Å². The summed E-state index contributed by atoms with van der Waals surface area (Å²) in [4.78, 5) is 0. The molecule has 0 saturated carbocycles. The summed E-state index contributed by atoms with van der Waals surface area (Å²) in [6, 6.07) is 10.4. The van der Waals surface area contributed by atoms with Crippen LogP contribution in [0.15, 0.2) is 54.9 Å². The van der Waals surface area contributed by atoms with Gasteiger partial charge in [0.15, 0.2) is 0 Å². The third kappa shape index (κ3) is 3.32. The summed E-state index contributed by atoms with van der Waals surface area (Å²) in [6.07, 6.45) is 5.98. The summed E-state index contributed by atoms with van der Waals surface area (Å²) >= 11 is 0. The number of nitrogens with one attached hydrogen (secondary N) is 1. The number of nitrogens with zero attached hydrogens (tertiary/aromatic N) is 2. The Kier molecular flexibility index (Phi) is 4.53. The van der Waals surface area contributed by atoms with E-state index in [1.54, 1.807) is 0 Å². The molecule has 0 aliphatic heterocycles. The van der Waals surface area contributed by atoms with E-state index in [1.807, 2.05) is 36.1 Å².